The van der Waals surface area contributed by atoms with Crippen molar-refractivity contribution >= 4 is 23.0 Å². The number of hydrogen-bond acceptors (Lipinski definition) is 6. The average molecular weight is 399 g/mol. The molecule has 4 rings (SSSR count). The van der Waals surface area contributed by atoms with Crippen LogP contribution in [0.3, 0.4) is 0 Å². The van der Waals surface area contributed by atoms with Gasteiger partial charge in [-0.3, -0.25) is 14.7 Å². The zero-order valence-corrected chi connectivity index (χ0v) is 16.7. The molecule has 7 nitrogen and oxygen atoms in total. The van der Waals surface area contributed by atoms with E-state index in [1.165, 1.54) is 6.20 Å². The molecule has 0 saturated carbocycles. The molecule has 0 radical (unpaired) electrons. The van der Waals surface area contributed by atoms with Crippen LogP contribution in [0, 0.1) is 5.21 Å². The van der Waals surface area contributed by atoms with Gasteiger partial charge >= 0.3 is 6.09 Å². The van der Waals surface area contributed by atoms with Crippen molar-refractivity contribution in [3.63, 3.8) is 0 Å². The van der Waals surface area contributed by atoms with Crippen molar-refractivity contribution in [1.29, 1.82) is 0 Å². The van der Waals surface area contributed by atoms with Gasteiger partial charge in [0.15, 0.2) is 6.20 Å². The number of carbonyl (C=O) groups excluding carboxylic acids is 2. The zero-order chi connectivity index (χ0) is 20.1. The lowest BCUT2D eigenvalue weighted by Gasteiger charge is -2.34. The van der Waals surface area contributed by atoms with E-state index in [2.05, 4.69) is 4.98 Å². The number of pyridine rings is 2. The minimum absolute atomic E-state index is 0.252. The van der Waals surface area contributed by atoms with Crippen LogP contribution in [0.1, 0.15) is 50.8 Å². The summed E-state index contributed by atoms with van der Waals surface area (Å²) in [4.78, 5) is 32.3. The fourth-order valence-corrected chi connectivity index (χ4v) is 5.01. The van der Waals surface area contributed by atoms with Crippen LogP contribution in [0.25, 0.3) is 0 Å². The summed E-state index contributed by atoms with van der Waals surface area (Å²) in [5.41, 5.74) is -0.191. The van der Waals surface area contributed by atoms with Crippen LogP contribution in [-0.4, -0.2) is 26.7 Å². The van der Waals surface area contributed by atoms with Crippen LogP contribution in [0.15, 0.2) is 47.9 Å². The van der Waals surface area contributed by atoms with E-state index >= 15 is 0 Å². The molecule has 4 heterocycles. The van der Waals surface area contributed by atoms with Crippen LogP contribution >= 0.6 is 11.8 Å². The Balaban J connectivity index is 1.77. The second kappa shape index (κ2) is 6.48. The molecule has 2 aromatic rings. The number of nitrogens with zero attached hydrogens (tertiary/aromatic N) is 3. The zero-order valence-electron chi connectivity index (χ0n) is 15.9. The van der Waals surface area contributed by atoms with Gasteiger partial charge in [0, 0.05) is 36.3 Å². The largest absolute Gasteiger partial charge is 0.618 e. The predicted octanol–water partition coefficient (Wildman–Crippen LogP) is 3.31. The van der Waals surface area contributed by atoms with E-state index in [1.54, 1.807) is 62.3 Å². The first-order chi connectivity index (χ1) is 13.2. The van der Waals surface area contributed by atoms with Crippen LogP contribution in [0.4, 0.5) is 4.79 Å². The summed E-state index contributed by atoms with van der Waals surface area (Å²) in [6.45, 7) is 5.39. The molecule has 28 heavy (non-hydrogen) atoms. The highest BCUT2D eigenvalue weighted by Crippen LogP contribution is 2.59. The highest BCUT2D eigenvalue weighted by molar-refractivity contribution is 8.13. The van der Waals surface area contributed by atoms with E-state index in [1.807, 2.05) is 0 Å². The smallest absolute Gasteiger partial charge is 0.411 e. The lowest BCUT2D eigenvalue weighted by atomic mass is 9.83. The molecule has 2 aliphatic heterocycles. The summed E-state index contributed by atoms with van der Waals surface area (Å²) in [6, 6.07) is 6.45. The molecular weight excluding hydrogens is 378 g/mol. The molecule has 1 fully saturated rings. The summed E-state index contributed by atoms with van der Waals surface area (Å²) in [5, 5.41) is 12.1. The van der Waals surface area contributed by atoms with Gasteiger partial charge in [-0.25, -0.2) is 4.79 Å². The SMILES string of the molecule is CC(C)(C)OC(=O)N1[C@H]2CC[C@]1(C(=O)Sc1cccc[n+]1[O-])c1ccncc12. The van der Waals surface area contributed by atoms with Gasteiger partial charge in [0.25, 0.3) is 5.03 Å². The molecule has 146 valence electrons. The van der Waals surface area contributed by atoms with E-state index in [0.717, 1.165) is 22.9 Å². The van der Waals surface area contributed by atoms with Crippen molar-refractivity contribution in [2.75, 3.05) is 0 Å². The highest BCUT2D eigenvalue weighted by Gasteiger charge is 2.63. The average Bonchev–Trinajstić information content (AvgIpc) is 3.16. The third-order valence-corrected chi connectivity index (χ3v) is 6.12. The van der Waals surface area contributed by atoms with Crippen LogP contribution in [0.5, 0.6) is 0 Å². The topological polar surface area (TPSA) is 86.4 Å². The van der Waals surface area contributed by atoms with E-state index in [4.69, 9.17) is 4.74 Å². The molecule has 8 heteroatoms. The predicted molar refractivity (Wildman–Crippen MR) is 102 cm³/mol. The number of carbonyl (C=O) groups is 2. The Morgan fingerprint density at radius 3 is 2.86 bits per heavy atom. The quantitative estimate of drug-likeness (QED) is 0.437. The van der Waals surface area contributed by atoms with Gasteiger partial charge in [-0.1, -0.05) is 0 Å². The van der Waals surface area contributed by atoms with Crippen molar-refractivity contribution in [3.8, 4) is 0 Å². The number of rotatable bonds is 2. The maximum atomic E-state index is 13.5. The fourth-order valence-electron chi connectivity index (χ4n) is 4.04. The Kier molecular flexibility index (Phi) is 4.33. The minimum atomic E-state index is -1.15. The highest BCUT2D eigenvalue weighted by atomic mass is 32.2. The molecule has 0 unspecified atom stereocenters. The summed E-state index contributed by atoms with van der Waals surface area (Å²) < 4.78 is 6.28. The van der Waals surface area contributed by atoms with Gasteiger partial charge in [-0.2, -0.15) is 4.73 Å². The molecule has 2 aromatic heterocycles. The lowest BCUT2D eigenvalue weighted by molar-refractivity contribution is -0.645. The monoisotopic (exact) mass is 399 g/mol. The third kappa shape index (κ3) is 2.83. The number of aromatic nitrogens is 2. The molecule has 2 aliphatic rings. The Morgan fingerprint density at radius 2 is 2.14 bits per heavy atom. The van der Waals surface area contributed by atoms with Crippen molar-refractivity contribution < 1.29 is 19.1 Å². The molecule has 2 bridgehead atoms. The van der Waals surface area contributed by atoms with Crippen LogP contribution in [-0.2, 0) is 15.1 Å². The number of thioether (sulfide) groups is 1. The third-order valence-electron chi connectivity index (χ3n) is 5.07. The first-order valence-corrected chi connectivity index (χ1v) is 9.93. The summed E-state index contributed by atoms with van der Waals surface area (Å²) in [6.07, 6.45) is 5.31. The Labute approximate surface area is 167 Å². The van der Waals surface area contributed by atoms with Crippen molar-refractivity contribution in [1.82, 2.24) is 9.88 Å². The van der Waals surface area contributed by atoms with E-state index in [-0.39, 0.29) is 16.2 Å². The van der Waals surface area contributed by atoms with Crippen LogP contribution in [0.2, 0.25) is 0 Å². The van der Waals surface area contributed by atoms with Gasteiger partial charge in [0.1, 0.15) is 11.1 Å². The van der Waals surface area contributed by atoms with Gasteiger partial charge in [-0.15, -0.1) is 0 Å². The molecule has 0 aliphatic carbocycles. The molecule has 1 saturated heterocycles. The summed E-state index contributed by atoms with van der Waals surface area (Å²) >= 11 is 0.862. The molecule has 1 amide bonds. The van der Waals surface area contributed by atoms with Crippen molar-refractivity contribution in [2.45, 2.75) is 55.8 Å². The number of amides is 1. The van der Waals surface area contributed by atoms with E-state index in [0.29, 0.717) is 17.6 Å². The standard InChI is InChI=1S/C20H21N3O4S/c1-19(2,3)27-18(25)23-15-7-9-20(23,14-8-10-21-12-13(14)15)17(24)28-16-6-4-5-11-22(16)26/h4-6,8,10-12,15H,7,9H2,1-3H3/t15-,20+/m0/s1. The Morgan fingerprint density at radius 1 is 1.36 bits per heavy atom. The molecule has 2 atom stereocenters. The van der Waals surface area contributed by atoms with Crippen molar-refractivity contribution in [2.24, 2.45) is 0 Å². The molecule has 0 spiro atoms. The summed E-state index contributed by atoms with van der Waals surface area (Å²) in [5.74, 6) is 0. The Bertz CT molecular complexity index is 958. The molecule has 0 aromatic carbocycles. The number of ether oxygens (including phenoxy) is 1. The van der Waals surface area contributed by atoms with E-state index < -0.39 is 17.2 Å². The first kappa shape index (κ1) is 18.7. The lowest BCUT2D eigenvalue weighted by Crippen LogP contribution is -2.48. The normalized spacial score (nSPS) is 22.8. The van der Waals surface area contributed by atoms with Crippen LogP contribution < -0.4 is 4.73 Å². The fraction of sp³-hybridized carbons (Fsp3) is 0.400. The second-order valence-electron chi connectivity index (χ2n) is 7.98. The van der Waals surface area contributed by atoms with Crippen molar-refractivity contribution in [3.05, 3.63) is 59.2 Å². The van der Waals surface area contributed by atoms with Gasteiger partial charge < -0.3 is 9.94 Å². The second-order valence-corrected chi connectivity index (χ2v) is 8.98. The maximum absolute atomic E-state index is 13.5. The Hall–Kier alpha value is -2.61. The van der Waals surface area contributed by atoms with Gasteiger partial charge in [0.2, 0.25) is 5.12 Å². The number of hydrogen-bond donors (Lipinski definition) is 0. The first-order valence-electron chi connectivity index (χ1n) is 9.11. The van der Waals surface area contributed by atoms with E-state index in [9.17, 15) is 14.8 Å². The van der Waals surface area contributed by atoms with Gasteiger partial charge in [-0.05, 0) is 56.9 Å². The maximum Gasteiger partial charge on any atom is 0.411 e. The summed E-state index contributed by atoms with van der Waals surface area (Å²) in [7, 11) is 0. The molecular formula is C20H21N3O4S. The van der Waals surface area contributed by atoms with Gasteiger partial charge in [0.05, 0.1) is 6.04 Å². The minimum Gasteiger partial charge on any atom is -0.618 e. The number of fused-ring (bicyclic) bond motifs is 5. The molecule has 0 N–H and O–H groups in total.